The van der Waals surface area contributed by atoms with Gasteiger partial charge in [0, 0.05) is 29.6 Å². The van der Waals surface area contributed by atoms with E-state index < -0.39 is 0 Å². The highest BCUT2D eigenvalue weighted by Gasteiger charge is 2.17. The van der Waals surface area contributed by atoms with Crippen molar-refractivity contribution in [3.05, 3.63) is 53.6 Å². The van der Waals surface area contributed by atoms with E-state index in [4.69, 9.17) is 4.74 Å². The summed E-state index contributed by atoms with van der Waals surface area (Å²) in [6.45, 7) is 7.13. The lowest BCUT2D eigenvalue weighted by Gasteiger charge is -2.08. The van der Waals surface area contributed by atoms with Crippen LogP contribution in [-0.4, -0.2) is 38.0 Å². The maximum absolute atomic E-state index is 12.8. The van der Waals surface area contributed by atoms with Crippen molar-refractivity contribution in [2.75, 3.05) is 12.9 Å². The van der Waals surface area contributed by atoms with Gasteiger partial charge in [-0.1, -0.05) is 24.8 Å². The number of hydrogen-bond donors (Lipinski definition) is 0. The molecule has 0 aliphatic rings. The molecule has 0 N–H and O–H groups in total. The van der Waals surface area contributed by atoms with Crippen LogP contribution < -0.4 is 4.74 Å². The topological polar surface area (TPSA) is 61.9 Å². The highest BCUT2D eigenvalue weighted by molar-refractivity contribution is 7.99. The Hall–Kier alpha value is -2.54. The second-order valence-corrected chi connectivity index (χ2v) is 7.28. The molecule has 0 aliphatic carbocycles. The molecule has 142 valence electrons. The summed E-state index contributed by atoms with van der Waals surface area (Å²) in [7, 11) is 1.63. The van der Waals surface area contributed by atoms with Gasteiger partial charge >= 0.3 is 0 Å². The van der Waals surface area contributed by atoms with E-state index >= 15 is 0 Å². The number of aromatic nitrogens is 4. The van der Waals surface area contributed by atoms with Gasteiger partial charge in [-0.3, -0.25) is 9.36 Å². The Bertz CT molecular complexity index is 945. The molecule has 0 atom stereocenters. The molecule has 0 unspecified atom stereocenters. The first-order valence-electron chi connectivity index (χ1n) is 8.92. The van der Waals surface area contributed by atoms with Gasteiger partial charge in [0.25, 0.3) is 0 Å². The van der Waals surface area contributed by atoms with Gasteiger partial charge in [0.05, 0.1) is 18.6 Å². The summed E-state index contributed by atoms with van der Waals surface area (Å²) in [5.74, 6) is 1.19. The fraction of sp³-hybridized carbons (Fsp3) is 0.350. The molecule has 0 bridgehead atoms. The van der Waals surface area contributed by atoms with Crippen LogP contribution in [0, 0.1) is 13.8 Å². The van der Waals surface area contributed by atoms with E-state index in [1.54, 1.807) is 13.4 Å². The first kappa shape index (κ1) is 19.2. The Kier molecular flexibility index (Phi) is 6.01. The molecule has 0 radical (unpaired) electrons. The number of thioether (sulfide) groups is 1. The monoisotopic (exact) mass is 384 g/mol. The third-order valence-electron chi connectivity index (χ3n) is 4.50. The number of carbonyl (C=O) groups excluding carboxylic acids is 1. The average molecular weight is 385 g/mol. The number of aryl methyl sites for hydroxylation is 1. The van der Waals surface area contributed by atoms with E-state index in [1.807, 2.05) is 48.7 Å². The van der Waals surface area contributed by atoms with Crippen LogP contribution in [0.2, 0.25) is 0 Å². The lowest BCUT2D eigenvalue weighted by molar-refractivity contribution is 0.102. The van der Waals surface area contributed by atoms with E-state index in [0.717, 1.165) is 41.4 Å². The lowest BCUT2D eigenvalue weighted by Crippen LogP contribution is -2.07. The predicted octanol–water partition coefficient (Wildman–Crippen LogP) is 4.08. The van der Waals surface area contributed by atoms with Crippen molar-refractivity contribution in [3.8, 4) is 11.4 Å². The van der Waals surface area contributed by atoms with Crippen molar-refractivity contribution in [2.24, 2.45) is 0 Å². The number of rotatable bonds is 8. The number of Topliss-reactive ketones (excluding diaryl/α,β-unsaturated/α-hetero) is 1. The molecule has 27 heavy (non-hydrogen) atoms. The van der Waals surface area contributed by atoms with Crippen molar-refractivity contribution >= 4 is 17.5 Å². The molecule has 0 spiro atoms. The molecule has 3 rings (SSSR count). The number of methoxy groups -OCH3 is 1. The SMILES string of the molecule is CCCn1c(C)cc(C(=O)CSc2nncn2-c2cccc(OC)c2)c1C. The van der Waals surface area contributed by atoms with Crippen molar-refractivity contribution in [2.45, 2.75) is 38.9 Å². The van der Waals surface area contributed by atoms with Gasteiger partial charge in [0.1, 0.15) is 12.1 Å². The molecule has 0 aliphatic heterocycles. The fourth-order valence-corrected chi connectivity index (χ4v) is 3.93. The second kappa shape index (κ2) is 8.43. The number of hydrogen-bond acceptors (Lipinski definition) is 5. The van der Waals surface area contributed by atoms with Gasteiger partial charge in [-0.05, 0) is 38.5 Å². The zero-order valence-electron chi connectivity index (χ0n) is 16.1. The third kappa shape index (κ3) is 4.08. The molecule has 6 nitrogen and oxygen atoms in total. The minimum atomic E-state index is 0.107. The lowest BCUT2D eigenvalue weighted by atomic mass is 10.2. The Morgan fingerprint density at radius 3 is 2.81 bits per heavy atom. The van der Waals surface area contributed by atoms with Crippen LogP contribution in [-0.2, 0) is 6.54 Å². The van der Waals surface area contributed by atoms with Crippen LogP contribution in [0.15, 0.2) is 41.8 Å². The average Bonchev–Trinajstić information content (AvgIpc) is 3.26. The minimum Gasteiger partial charge on any atom is -0.497 e. The van der Waals surface area contributed by atoms with Gasteiger partial charge in [-0.2, -0.15) is 0 Å². The standard InChI is InChI=1S/C20H24N4O2S/c1-5-9-23-14(2)10-18(15(23)3)19(25)12-27-20-22-21-13-24(20)16-7-6-8-17(11-16)26-4/h6-8,10-11,13H,5,9,12H2,1-4H3. The number of carbonyl (C=O) groups is 1. The summed E-state index contributed by atoms with van der Waals surface area (Å²) < 4.78 is 9.34. The van der Waals surface area contributed by atoms with Crippen LogP contribution in [0.5, 0.6) is 5.75 Å². The largest absolute Gasteiger partial charge is 0.497 e. The summed E-state index contributed by atoms with van der Waals surface area (Å²) in [4.78, 5) is 12.8. The van der Waals surface area contributed by atoms with Crippen molar-refractivity contribution in [3.63, 3.8) is 0 Å². The first-order valence-corrected chi connectivity index (χ1v) is 9.90. The molecule has 0 saturated carbocycles. The van der Waals surface area contributed by atoms with E-state index in [-0.39, 0.29) is 5.78 Å². The van der Waals surface area contributed by atoms with E-state index in [0.29, 0.717) is 10.9 Å². The zero-order chi connectivity index (χ0) is 19.4. The van der Waals surface area contributed by atoms with Crippen molar-refractivity contribution in [1.82, 2.24) is 19.3 Å². The van der Waals surface area contributed by atoms with Gasteiger partial charge in [-0.25, -0.2) is 0 Å². The molecular weight excluding hydrogens is 360 g/mol. The Balaban J connectivity index is 1.76. The molecule has 0 amide bonds. The quantitative estimate of drug-likeness (QED) is 0.433. The number of benzene rings is 1. The maximum Gasteiger partial charge on any atom is 0.196 e. The summed E-state index contributed by atoms with van der Waals surface area (Å²) in [5, 5.41) is 8.85. The second-order valence-electron chi connectivity index (χ2n) is 6.33. The maximum atomic E-state index is 12.8. The number of ketones is 1. The van der Waals surface area contributed by atoms with Crippen LogP contribution in [0.25, 0.3) is 5.69 Å². The number of ether oxygens (including phenoxy) is 1. The molecule has 2 aromatic heterocycles. The van der Waals surface area contributed by atoms with Crippen LogP contribution >= 0.6 is 11.8 Å². The highest BCUT2D eigenvalue weighted by atomic mass is 32.2. The Labute approximate surface area is 163 Å². The van der Waals surface area contributed by atoms with Gasteiger partial charge < -0.3 is 9.30 Å². The van der Waals surface area contributed by atoms with Gasteiger partial charge in [0.2, 0.25) is 0 Å². The Morgan fingerprint density at radius 1 is 1.26 bits per heavy atom. The summed E-state index contributed by atoms with van der Waals surface area (Å²) in [6, 6.07) is 9.65. The molecule has 2 heterocycles. The zero-order valence-corrected chi connectivity index (χ0v) is 16.9. The van der Waals surface area contributed by atoms with E-state index in [1.165, 1.54) is 11.8 Å². The van der Waals surface area contributed by atoms with Crippen LogP contribution in [0.3, 0.4) is 0 Å². The molecular formula is C20H24N4O2S. The van der Waals surface area contributed by atoms with Crippen molar-refractivity contribution in [1.29, 1.82) is 0 Å². The summed E-state index contributed by atoms with van der Waals surface area (Å²) >= 11 is 1.39. The normalized spacial score (nSPS) is 11.0. The van der Waals surface area contributed by atoms with Crippen LogP contribution in [0.1, 0.15) is 35.1 Å². The molecule has 0 saturated heterocycles. The Morgan fingerprint density at radius 2 is 2.07 bits per heavy atom. The van der Waals surface area contributed by atoms with Crippen molar-refractivity contribution < 1.29 is 9.53 Å². The van der Waals surface area contributed by atoms with Gasteiger partial charge in [0.15, 0.2) is 10.9 Å². The number of nitrogens with zero attached hydrogens (tertiary/aromatic N) is 4. The molecule has 3 aromatic rings. The fourth-order valence-electron chi connectivity index (χ4n) is 3.12. The molecule has 0 fully saturated rings. The van der Waals surface area contributed by atoms with Gasteiger partial charge in [-0.15, -0.1) is 10.2 Å². The van der Waals surface area contributed by atoms with E-state index in [9.17, 15) is 4.79 Å². The molecule has 1 aromatic carbocycles. The third-order valence-corrected chi connectivity index (χ3v) is 5.44. The van der Waals surface area contributed by atoms with E-state index in [2.05, 4.69) is 21.7 Å². The summed E-state index contributed by atoms with van der Waals surface area (Å²) in [5.41, 5.74) is 3.85. The predicted molar refractivity (Wildman–Crippen MR) is 107 cm³/mol. The smallest absolute Gasteiger partial charge is 0.196 e. The molecule has 7 heteroatoms. The first-order chi connectivity index (χ1) is 13.0. The highest BCUT2D eigenvalue weighted by Crippen LogP contribution is 2.24. The van der Waals surface area contributed by atoms with Crippen LogP contribution in [0.4, 0.5) is 0 Å². The minimum absolute atomic E-state index is 0.107. The summed E-state index contributed by atoms with van der Waals surface area (Å²) in [6.07, 6.45) is 2.69.